The summed E-state index contributed by atoms with van der Waals surface area (Å²) in [6, 6.07) is 12.3. The molecule has 2 aromatic heterocycles. The Kier molecular flexibility index (Phi) is 2.96. The zero-order chi connectivity index (χ0) is 15.1. The predicted octanol–water partition coefficient (Wildman–Crippen LogP) is 3.30. The molecule has 110 valence electrons. The van der Waals surface area contributed by atoms with Gasteiger partial charge < -0.3 is 9.30 Å². The third-order valence-corrected chi connectivity index (χ3v) is 4.24. The topological polar surface area (TPSA) is 37.6 Å². The molecule has 0 aliphatic carbocycles. The number of carbonyl (C=O) groups is 1. The van der Waals surface area contributed by atoms with Gasteiger partial charge in [0.2, 0.25) is 5.91 Å². The monoisotopic (exact) mass is 291 g/mol. The molecule has 22 heavy (non-hydrogen) atoms. The van der Waals surface area contributed by atoms with Gasteiger partial charge in [0.1, 0.15) is 5.65 Å². The first-order valence-electron chi connectivity index (χ1n) is 7.63. The molecule has 4 rings (SSSR count). The van der Waals surface area contributed by atoms with E-state index >= 15 is 0 Å². The predicted molar refractivity (Wildman–Crippen MR) is 87.0 cm³/mol. The second kappa shape index (κ2) is 4.98. The Hall–Kier alpha value is -2.62. The summed E-state index contributed by atoms with van der Waals surface area (Å²) in [7, 11) is 0. The van der Waals surface area contributed by atoms with Crippen molar-refractivity contribution in [3.8, 4) is 11.3 Å². The van der Waals surface area contributed by atoms with E-state index in [1.165, 1.54) is 5.56 Å². The Bertz CT molecular complexity index is 833. The molecule has 0 saturated heterocycles. The number of hydrogen-bond donors (Lipinski definition) is 0. The van der Waals surface area contributed by atoms with Gasteiger partial charge in [0.15, 0.2) is 0 Å². The number of aromatic nitrogens is 2. The number of benzene rings is 1. The highest BCUT2D eigenvalue weighted by molar-refractivity contribution is 5.95. The number of imidazole rings is 1. The van der Waals surface area contributed by atoms with Gasteiger partial charge in [-0.3, -0.25) is 4.79 Å². The van der Waals surface area contributed by atoms with Gasteiger partial charge in [-0.1, -0.05) is 19.1 Å². The average molecular weight is 291 g/mol. The Balaban J connectivity index is 1.74. The van der Waals surface area contributed by atoms with E-state index in [2.05, 4.69) is 23.2 Å². The molecule has 0 fully saturated rings. The summed E-state index contributed by atoms with van der Waals surface area (Å²) in [5.41, 5.74) is 5.30. The molecule has 0 N–H and O–H groups in total. The Labute approximate surface area is 129 Å². The quantitative estimate of drug-likeness (QED) is 0.726. The molecule has 0 spiro atoms. The first-order chi connectivity index (χ1) is 10.8. The Morgan fingerprint density at radius 3 is 3.00 bits per heavy atom. The van der Waals surface area contributed by atoms with Gasteiger partial charge in [-0.25, -0.2) is 4.98 Å². The maximum absolute atomic E-state index is 12.0. The minimum Gasteiger partial charge on any atom is -0.312 e. The molecule has 1 aromatic carbocycles. The number of pyridine rings is 1. The molecule has 3 heterocycles. The lowest BCUT2D eigenvalue weighted by Gasteiger charge is -2.16. The van der Waals surface area contributed by atoms with Crippen LogP contribution in [0, 0.1) is 0 Å². The zero-order valence-electron chi connectivity index (χ0n) is 12.5. The number of amides is 1. The minimum absolute atomic E-state index is 0.194. The average Bonchev–Trinajstić information content (AvgIpc) is 3.17. The van der Waals surface area contributed by atoms with Crippen molar-refractivity contribution in [2.24, 2.45) is 0 Å². The number of fused-ring (bicyclic) bond motifs is 2. The molecule has 0 radical (unpaired) electrons. The SMILES string of the molecule is CCC(=O)N1CCc2cc(-c3cn4ccccc4n3)ccc21. The fourth-order valence-corrected chi connectivity index (χ4v) is 3.08. The van der Waals surface area contributed by atoms with Crippen LogP contribution in [-0.4, -0.2) is 21.8 Å². The van der Waals surface area contributed by atoms with E-state index in [4.69, 9.17) is 0 Å². The largest absolute Gasteiger partial charge is 0.312 e. The molecule has 0 unspecified atom stereocenters. The normalized spacial score (nSPS) is 13.6. The number of anilines is 1. The van der Waals surface area contributed by atoms with E-state index in [-0.39, 0.29) is 5.91 Å². The van der Waals surface area contributed by atoms with Gasteiger partial charge in [-0.2, -0.15) is 0 Å². The van der Waals surface area contributed by atoms with Crippen molar-refractivity contribution < 1.29 is 4.79 Å². The molecule has 4 nitrogen and oxygen atoms in total. The summed E-state index contributed by atoms with van der Waals surface area (Å²) in [5, 5.41) is 0. The highest BCUT2D eigenvalue weighted by atomic mass is 16.2. The molecule has 1 aliphatic heterocycles. The fourth-order valence-electron chi connectivity index (χ4n) is 3.08. The zero-order valence-corrected chi connectivity index (χ0v) is 12.5. The Morgan fingerprint density at radius 1 is 1.27 bits per heavy atom. The van der Waals surface area contributed by atoms with Crippen LogP contribution in [0.1, 0.15) is 18.9 Å². The molecule has 0 saturated carbocycles. The van der Waals surface area contributed by atoms with Gasteiger partial charge in [0.05, 0.1) is 5.69 Å². The van der Waals surface area contributed by atoms with Crippen molar-refractivity contribution >= 4 is 17.2 Å². The smallest absolute Gasteiger partial charge is 0.226 e. The van der Waals surface area contributed by atoms with Crippen LogP contribution in [-0.2, 0) is 11.2 Å². The standard InChI is InChI=1S/C18H17N3O/c1-2-18(22)21-10-8-14-11-13(6-7-16(14)21)15-12-20-9-4-3-5-17(20)19-15/h3-7,9,11-12H,2,8,10H2,1H3. The highest BCUT2D eigenvalue weighted by Crippen LogP contribution is 2.32. The third-order valence-electron chi connectivity index (χ3n) is 4.24. The van der Waals surface area contributed by atoms with Gasteiger partial charge in [0, 0.05) is 36.6 Å². The molecule has 1 amide bonds. The second-order valence-corrected chi connectivity index (χ2v) is 5.58. The van der Waals surface area contributed by atoms with Crippen molar-refractivity contribution in [1.29, 1.82) is 0 Å². The van der Waals surface area contributed by atoms with E-state index in [9.17, 15) is 4.79 Å². The van der Waals surface area contributed by atoms with Crippen molar-refractivity contribution in [2.75, 3.05) is 11.4 Å². The maximum atomic E-state index is 12.0. The van der Waals surface area contributed by atoms with E-state index in [0.29, 0.717) is 6.42 Å². The molecule has 0 atom stereocenters. The lowest BCUT2D eigenvalue weighted by atomic mass is 10.1. The maximum Gasteiger partial charge on any atom is 0.226 e. The first-order valence-corrected chi connectivity index (χ1v) is 7.63. The van der Waals surface area contributed by atoms with E-state index in [1.54, 1.807) is 0 Å². The fraction of sp³-hybridized carbons (Fsp3) is 0.222. The lowest BCUT2D eigenvalue weighted by molar-refractivity contribution is -0.118. The number of hydrogen-bond acceptors (Lipinski definition) is 2. The van der Waals surface area contributed by atoms with Crippen LogP contribution in [0.5, 0.6) is 0 Å². The van der Waals surface area contributed by atoms with Crippen LogP contribution in [0.15, 0.2) is 48.8 Å². The molecule has 3 aromatic rings. The summed E-state index contributed by atoms with van der Waals surface area (Å²) >= 11 is 0. The minimum atomic E-state index is 0.194. The van der Waals surface area contributed by atoms with Gasteiger partial charge in [-0.05, 0) is 36.2 Å². The van der Waals surface area contributed by atoms with Crippen LogP contribution in [0.4, 0.5) is 5.69 Å². The summed E-state index contributed by atoms with van der Waals surface area (Å²) in [6.45, 7) is 2.70. The molecular formula is C18H17N3O. The van der Waals surface area contributed by atoms with E-state index in [1.807, 2.05) is 46.8 Å². The van der Waals surface area contributed by atoms with Crippen molar-refractivity contribution in [1.82, 2.24) is 9.38 Å². The number of rotatable bonds is 2. The second-order valence-electron chi connectivity index (χ2n) is 5.58. The van der Waals surface area contributed by atoms with Crippen LogP contribution < -0.4 is 4.90 Å². The van der Waals surface area contributed by atoms with Crippen LogP contribution in [0.3, 0.4) is 0 Å². The van der Waals surface area contributed by atoms with E-state index in [0.717, 1.165) is 35.6 Å². The first kappa shape index (κ1) is 13.1. The van der Waals surface area contributed by atoms with Crippen molar-refractivity contribution in [3.05, 3.63) is 54.4 Å². The summed E-state index contributed by atoms with van der Waals surface area (Å²) in [6.07, 6.45) is 5.51. The van der Waals surface area contributed by atoms with Gasteiger partial charge >= 0.3 is 0 Å². The van der Waals surface area contributed by atoms with E-state index < -0.39 is 0 Å². The molecule has 1 aliphatic rings. The summed E-state index contributed by atoms with van der Waals surface area (Å²) in [5.74, 6) is 0.194. The molecule has 0 bridgehead atoms. The van der Waals surface area contributed by atoms with Crippen molar-refractivity contribution in [3.63, 3.8) is 0 Å². The summed E-state index contributed by atoms with van der Waals surface area (Å²) < 4.78 is 2.02. The van der Waals surface area contributed by atoms with Crippen LogP contribution >= 0.6 is 0 Å². The third kappa shape index (κ3) is 1.99. The van der Waals surface area contributed by atoms with Crippen molar-refractivity contribution in [2.45, 2.75) is 19.8 Å². The van der Waals surface area contributed by atoms with Gasteiger partial charge in [-0.15, -0.1) is 0 Å². The Morgan fingerprint density at radius 2 is 2.18 bits per heavy atom. The molecule has 4 heteroatoms. The van der Waals surface area contributed by atoms with Crippen LogP contribution in [0.25, 0.3) is 16.9 Å². The highest BCUT2D eigenvalue weighted by Gasteiger charge is 2.23. The lowest BCUT2D eigenvalue weighted by Crippen LogP contribution is -2.27. The summed E-state index contributed by atoms with van der Waals surface area (Å²) in [4.78, 5) is 18.5. The number of carbonyl (C=O) groups excluding carboxylic acids is 1. The number of nitrogens with zero attached hydrogens (tertiary/aromatic N) is 3. The van der Waals surface area contributed by atoms with Crippen LogP contribution in [0.2, 0.25) is 0 Å². The van der Waals surface area contributed by atoms with Gasteiger partial charge in [0.25, 0.3) is 0 Å². The molecular weight excluding hydrogens is 274 g/mol.